The zero-order valence-corrected chi connectivity index (χ0v) is 7.46. The van der Waals surface area contributed by atoms with Crippen molar-refractivity contribution < 1.29 is 0 Å². The molecule has 1 aliphatic carbocycles. The highest BCUT2D eigenvalue weighted by Gasteiger charge is 2.11. The molecular formula is C8H10N2OS. The highest BCUT2D eigenvalue weighted by atomic mass is 32.1. The van der Waals surface area contributed by atoms with Crippen molar-refractivity contribution in [2.75, 3.05) is 0 Å². The number of hydrogen-bond donors (Lipinski definition) is 2. The molecule has 0 amide bonds. The zero-order valence-electron chi connectivity index (χ0n) is 6.64. The summed E-state index contributed by atoms with van der Waals surface area (Å²) in [5.41, 5.74) is 1.99. The van der Waals surface area contributed by atoms with Gasteiger partial charge in [-0.1, -0.05) is 12.2 Å². The summed E-state index contributed by atoms with van der Waals surface area (Å²) >= 11 is 5.05. The third kappa shape index (κ3) is 1.22. The molecule has 1 heterocycles. The van der Waals surface area contributed by atoms with Crippen molar-refractivity contribution in [2.24, 2.45) is 0 Å². The molecule has 0 saturated heterocycles. The quantitative estimate of drug-likeness (QED) is 0.594. The van der Waals surface area contributed by atoms with Crippen LogP contribution in [0.25, 0.3) is 0 Å². The van der Waals surface area contributed by atoms with Crippen molar-refractivity contribution in [3.63, 3.8) is 0 Å². The Morgan fingerprint density at radius 2 is 1.92 bits per heavy atom. The molecule has 0 radical (unpaired) electrons. The summed E-state index contributed by atoms with van der Waals surface area (Å²) in [6, 6.07) is 0. The molecular weight excluding hydrogens is 172 g/mol. The fourth-order valence-corrected chi connectivity index (χ4v) is 1.96. The van der Waals surface area contributed by atoms with Gasteiger partial charge in [0, 0.05) is 11.3 Å². The maximum Gasteiger partial charge on any atom is 0.324 e. The first-order valence-corrected chi connectivity index (χ1v) is 4.52. The number of fused-ring (bicyclic) bond motifs is 1. The van der Waals surface area contributed by atoms with Crippen LogP contribution in [0.1, 0.15) is 24.1 Å². The van der Waals surface area contributed by atoms with Crippen LogP contribution in [-0.2, 0) is 12.8 Å². The Balaban J connectivity index is 2.68. The lowest BCUT2D eigenvalue weighted by molar-refractivity contribution is 0.655. The van der Waals surface area contributed by atoms with E-state index >= 15 is 0 Å². The van der Waals surface area contributed by atoms with Gasteiger partial charge in [-0.2, -0.15) is 0 Å². The Morgan fingerprint density at radius 3 is 2.75 bits per heavy atom. The molecule has 0 aromatic carbocycles. The summed E-state index contributed by atoms with van der Waals surface area (Å²) in [7, 11) is 0. The van der Waals surface area contributed by atoms with Gasteiger partial charge in [0.15, 0.2) is 0 Å². The largest absolute Gasteiger partial charge is 0.324 e. The van der Waals surface area contributed by atoms with Gasteiger partial charge in [-0.05, 0) is 25.7 Å². The summed E-state index contributed by atoms with van der Waals surface area (Å²) in [6.07, 6.45) is 4.29. The predicted octanol–water partition coefficient (Wildman–Crippen LogP) is 1.31. The van der Waals surface area contributed by atoms with Crippen molar-refractivity contribution in [3.8, 4) is 0 Å². The van der Waals surface area contributed by atoms with Gasteiger partial charge < -0.3 is 4.98 Å². The van der Waals surface area contributed by atoms with Gasteiger partial charge >= 0.3 is 5.69 Å². The highest BCUT2D eigenvalue weighted by Crippen LogP contribution is 2.17. The second-order valence-corrected chi connectivity index (χ2v) is 3.48. The van der Waals surface area contributed by atoms with E-state index in [1.54, 1.807) is 0 Å². The van der Waals surface area contributed by atoms with E-state index in [1.807, 2.05) is 0 Å². The third-order valence-corrected chi connectivity index (χ3v) is 2.58. The molecule has 0 saturated carbocycles. The van der Waals surface area contributed by atoms with Gasteiger partial charge in [0.25, 0.3) is 0 Å². The predicted molar refractivity (Wildman–Crippen MR) is 48.9 cm³/mol. The van der Waals surface area contributed by atoms with Gasteiger partial charge in [0.1, 0.15) is 4.64 Å². The van der Waals surface area contributed by atoms with Crippen LogP contribution in [-0.4, -0.2) is 9.97 Å². The first-order valence-electron chi connectivity index (χ1n) is 4.12. The Kier molecular flexibility index (Phi) is 1.84. The molecule has 0 unspecified atom stereocenters. The van der Waals surface area contributed by atoms with E-state index in [1.165, 1.54) is 6.42 Å². The maximum atomic E-state index is 11.0. The van der Waals surface area contributed by atoms with Gasteiger partial charge in [0.05, 0.1) is 0 Å². The summed E-state index contributed by atoms with van der Waals surface area (Å²) in [5.74, 6) is 0. The molecule has 0 fully saturated rings. The first kappa shape index (κ1) is 7.73. The Morgan fingerprint density at radius 1 is 1.17 bits per heavy atom. The number of aryl methyl sites for hydroxylation is 1. The van der Waals surface area contributed by atoms with E-state index < -0.39 is 0 Å². The van der Waals surface area contributed by atoms with E-state index in [9.17, 15) is 4.79 Å². The number of aromatic nitrogens is 2. The summed E-state index contributed by atoms with van der Waals surface area (Å²) in [5, 5.41) is 0. The fraction of sp³-hybridized carbons (Fsp3) is 0.500. The lowest BCUT2D eigenvalue weighted by Gasteiger charge is -2.13. The van der Waals surface area contributed by atoms with Crippen LogP contribution >= 0.6 is 12.2 Å². The van der Waals surface area contributed by atoms with Crippen LogP contribution in [0.2, 0.25) is 0 Å². The van der Waals surface area contributed by atoms with Gasteiger partial charge in [-0.15, -0.1) is 0 Å². The molecule has 4 heteroatoms. The van der Waals surface area contributed by atoms with Crippen molar-refractivity contribution in [2.45, 2.75) is 25.7 Å². The molecule has 0 aliphatic heterocycles. The summed E-state index contributed by atoms with van der Waals surface area (Å²) < 4.78 is 0.619. The molecule has 64 valence electrons. The maximum absolute atomic E-state index is 11.0. The highest BCUT2D eigenvalue weighted by molar-refractivity contribution is 7.71. The minimum absolute atomic E-state index is 0.180. The number of rotatable bonds is 0. The van der Waals surface area contributed by atoms with Crippen molar-refractivity contribution >= 4 is 12.2 Å². The molecule has 1 aromatic rings. The smallest absolute Gasteiger partial charge is 0.311 e. The first-order chi connectivity index (χ1) is 5.77. The molecule has 0 atom stereocenters. The normalized spacial score (nSPS) is 15.7. The minimum Gasteiger partial charge on any atom is -0.311 e. The number of nitrogens with one attached hydrogen (secondary N) is 2. The molecule has 0 bridgehead atoms. The van der Waals surface area contributed by atoms with Gasteiger partial charge in [0.2, 0.25) is 0 Å². The van der Waals surface area contributed by atoms with Gasteiger partial charge in [-0.3, -0.25) is 4.98 Å². The second-order valence-electron chi connectivity index (χ2n) is 3.07. The van der Waals surface area contributed by atoms with Crippen LogP contribution in [0.3, 0.4) is 0 Å². The molecule has 1 aliphatic rings. The molecule has 2 rings (SSSR count). The monoisotopic (exact) mass is 182 g/mol. The second kappa shape index (κ2) is 2.86. The third-order valence-electron chi connectivity index (χ3n) is 2.23. The average Bonchev–Trinajstić information content (AvgIpc) is 2.04. The van der Waals surface area contributed by atoms with Crippen LogP contribution in [0.15, 0.2) is 4.79 Å². The number of aromatic amines is 2. The Hall–Kier alpha value is -0.900. The van der Waals surface area contributed by atoms with Crippen LogP contribution < -0.4 is 5.69 Å². The number of hydrogen-bond acceptors (Lipinski definition) is 2. The van der Waals surface area contributed by atoms with Gasteiger partial charge in [-0.25, -0.2) is 4.79 Å². The van der Waals surface area contributed by atoms with E-state index in [4.69, 9.17) is 12.2 Å². The van der Waals surface area contributed by atoms with E-state index in [-0.39, 0.29) is 5.69 Å². The van der Waals surface area contributed by atoms with Crippen molar-refractivity contribution in [3.05, 3.63) is 26.4 Å². The summed E-state index contributed by atoms with van der Waals surface area (Å²) in [4.78, 5) is 16.4. The minimum atomic E-state index is -0.180. The fourth-order valence-electron chi connectivity index (χ4n) is 1.64. The number of H-pyrrole nitrogens is 2. The Labute approximate surface area is 74.8 Å². The van der Waals surface area contributed by atoms with Crippen molar-refractivity contribution in [1.29, 1.82) is 0 Å². The standard InChI is InChI=1S/C8H10N2OS/c11-8-9-6-4-2-1-3-5(6)7(12)10-8/h1-4H2,(H2,9,10,11,12). The molecule has 0 spiro atoms. The molecule has 12 heavy (non-hydrogen) atoms. The van der Waals surface area contributed by atoms with E-state index in [0.717, 1.165) is 30.5 Å². The Bertz CT molecular complexity index is 404. The van der Waals surface area contributed by atoms with E-state index in [0.29, 0.717) is 4.64 Å². The topological polar surface area (TPSA) is 48.6 Å². The SMILES string of the molecule is O=c1[nH]c2c(c(=S)[nH]1)CCCC2. The molecule has 3 nitrogen and oxygen atoms in total. The van der Waals surface area contributed by atoms with E-state index in [2.05, 4.69) is 9.97 Å². The average molecular weight is 182 g/mol. The van der Waals surface area contributed by atoms with Crippen molar-refractivity contribution in [1.82, 2.24) is 9.97 Å². The summed E-state index contributed by atoms with van der Waals surface area (Å²) in [6.45, 7) is 0. The van der Waals surface area contributed by atoms with Crippen LogP contribution in [0, 0.1) is 4.64 Å². The zero-order chi connectivity index (χ0) is 8.55. The molecule has 1 aromatic heterocycles. The lowest BCUT2D eigenvalue weighted by atomic mass is 9.98. The van der Waals surface area contributed by atoms with Crippen LogP contribution in [0.4, 0.5) is 0 Å². The molecule has 2 N–H and O–H groups in total. The lowest BCUT2D eigenvalue weighted by Crippen LogP contribution is -2.18. The van der Waals surface area contributed by atoms with Crippen LogP contribution in [0.5, 0.6) is 0 Å².